The van der Waals surface area contributed by atoms with Crippen LogP contribution in [0.15, 0.2) is 11.1 Å². The Morgan fingerprint density at radius 2 is 1.89 bits per heavy atom. The van der Waals surface area contributed by atoms with Gasteiger partial charge >= 0.3 is 0 Å². The van der Waals surface area contributed by atoms with Gasteiger partial charge in [-0.3, -0.25) is 0 Å². The first kappa shape index (κ1) is 20.6. The average Bonchev–Trinajstić information content (AvgIpc) is 3.00. The molecule has 0 spiro atoms. The lowest BCUT2D eigenvalue weighted by Crippen LogP contribution is -2.52. The molecule has 4 aliphatic rings. The van der Waals surface area contributed by atoms with Crippen molar-refractivity contribution in [2.45, 2.75) is 104 Å². The van der Waals surface area contributed by atoms with Gasteiger partial charge in [0, 0.05) is 11.8 Å². The van der Waals surface area contributed by atoms with Crippen molar-refractivity contribution in [3.63, 3.8) is 0 Å². The van der Waals surface area contributed by atoms with Crippen LogP contribution in [0.4, 0.5) is 0 Å². The van der Waals surface area contributed by atoms with E-state index in [0.717, 1.165) is 44.9 Å². The predicted molar refractivity (Wildman–Crippen MR) is 112 cm³/mol. The van der Waals surface area contributed by atoms with E-state index < -0.39 is 0 Å². The standard InChI is InChI=1S/C25H40O3/c1-15(5-6-16(2)26)20-9-10-21-19-8-7-17-13-18(27)11-12-24(17,3)22(19)14-23(28)25(20,21)4/h15,17-18,20,22-23,27-28H,5-14H2,1-4H3/t15-,17-,18-,20-,22+,23+,24+,25?/m1/s1. The summed E-state index contributed by atoms with van der Waals surface area (Å²) in [6, 6.07) is 0. The molecular weight excluding hydrogens is 348 g/mol. The topological polar surface area (TPSA) is 57.5 Å². The van der Waals surface area contributed by atoms with E-state index in [2.05, 4.69) is 20.8 Å². The van der Waals surface area contributed by atoms with Gasteiger partial charge in [-0.05, 0) is 93.8 Å². The number of aliphatic hydroxyl groups is 2. The molecule has 158 valence electrons. The molecule has 8 atom stereocenters. The van der Waals surface area contributed by atoms with Crippen molar-refractivity contribution in [2.24, 2.45) is 34.5 Å². The van der Waals surface area contributed by atoms with Crippen molar-refractivity contribution >= 4 is 5.78 Å². The molecule has 3 heteroatoms. The van der Waals surface area contributed by atoms with E-state index in [9.17, 15) is 15.0 Å². The zero-order valence-corrected chi connectivity index (χ0v) is 18.3. The summed E-state index contributed by atoms with van der Waals surface area (Å²) in [5.41, 5.74) is 3.42. The monoisotopic (exact) mass is 388 g/mol. The summed E-state index contributed by atoms with van der Waals surface area (Å²) >= 11 is 0. The molecule has 0 aromatic carbocycles. The second-order valence-electron chi connectivity index (χ2n) is 11.1. The van der Waals surface area contributed by atoms with Crippen LogP contribution in [0.1, 0.15) is 91.9 Å². The first-order chi connectivity index (χ1) is 13.2. The third kappa shape index (κ3) is 3.03. The number of hydrogen-bond donors (Lipinski definition) is 2. The second-order valence-corrected chi connectivity index (χ2v) is 11.1. The molecule has 0 heterocycles. The summed E-state index contributed by atoms with van der Waals surface area (Å²) in [6.07, 6.45) is 9.77. The van der Waals surface area contributed by atoms with Gasteiger partial charge in [0.15, 0.2) is 0 Å². The Bertz CT molecular complexity index is 667. The second kappa shape index (κ2) is 7.23. The number of rotatable bonds is 4. The quantitative estimate of drug-likeness (QED) is 0.663. The highest BCUT2D eigenvalue weighted by atomic mass is 16.3. The van der Waals surface area contributed by atoms with Crippen LogP contribution >= 0.6 is 0 Å². The maximum absolute atomic E-state index is 11.5. The Hall–Kier alpha value is -0.670. The first-order valence-electron chi connectivity index (χ1n) is 11.8. The number of allylic oxidation sites excluding steroid dienone is 1. The van der Waals surface area contributed by atoms with Crippen LogP contribution < -0.4 is 0 Å². The van der Waals surface area contributed by atoms with Crippen LogP contribution in [-0.2, 0) is 4.79 Å². The average molecular weight is 389 g/mol. The van der Waals surface area contributed by atoms with Crippen LogP contribution in [0, 0.1) is 34.5 Å². The smallest absolute Gasteiger partial charge is 0.129 e. The molecule has 1 unspecified atom stereocenters. The molecule has 0 radical (unpaired) electrons. The van der Waals surface area contributed by atoms with E-state index in [1.54, 1.807) is 18.1 Å². The van der Waals surface area contributed by atoms with E-state index >= 15 is 0 Å². The first-order valence-corrected chi connectivity index (χ1v) is 11.8. The number of fused-ring (bicyclic) bond motifs is 4. The Morgan fingerprint density at radius 3 is 2.61 bits per heavy atom. The summed E-state index contributed by atoms with van der Waals surface area (Å²) in [5.74, 6) is 2.36. The highest BCUT2D eigenvalue weighted by molar-refractivity contribution is 5.75. The number of Topliss-reactive ketones (excluding diaryl/α,β-unsaturated/α-hetero) is 1. The molecule has 0 amide bonds. The zero-order chi connectivity index (χ0) is 20.3. The van der Waals surface area contributed by atoms with Crippen LogP contribution in [0.3, 0.4) is 0 Å². The number of hydrogen-bond acceptors (Lipinski definition) is 3. The van der Waals surface area contributed by atoms with Crippen LogP contribution in [-0.4, -0.2) is 28.2 Å². The fourth-order valence-corrected chi connectivity index (χ4v) is 8.00. The Morgan fingerprint density at radius 1 is 1.14 bits per heavy atom. The molecule has 4 rings (SSSR count). The van der Waals surface area contributed by atoms with E-state index in [1.807, 2.05) is 0 Å². The van der Waals surface area contributed by atoms with Gasteiger partial charge in [0.25, 0.3) is 0 Å². The predicted octanol–water partition coefficient (Wildman–Crippen LogP) is 5.05. The summed E-state index contributed by atoms with van der Waals surface area (Å²) in [7, 11) is 0. The minimum absolute atomic E-state index is 0.0978. The van der Waals surface area contributed by atoms with E-state index in [0.29, 0.717) is 30.1 Å². The van der Waals surface area contributed by atoms with Gasteiger partial charge in [0.05, 0.1) is 12.2 Å². The summed E-state index contributed by atoms with van der Waals surface area (Å²) in [4.78, 5) is 11.5. The number of aliphatic hydroxyl groups excluding tert-OH is 2. The van der Waals surface area contributed by atoms with Gasteiger partial charge in [-0.15, -0.1) is 0 Å². The summed E-state index contributed by atoms with van der Waals surface area (Å²) < 4.78 is 0. The van der Waals surface area contributed by atoms with Crippen molar-refractivity contribution in [3.05, 3.63) is 11.1 Å². The lowest BCUT2D eigenvalue weighted by Gasteiger charge is -2.58. The fraction of sp³-hybridized carbons (Fsp3) is 0.880. The molecule has 0 aromatic rings. The van der Waals surface area contributed by atoms with E-state index in [-0.39, 0.29) is 28.8 Å². The molecule has 0 aromatic heterocycles. The minimum Gasteiger partial charge on any atom is -0.393 e. The van der Waals surface area contributed by atoms with Gasteiger partial charge in [-0.1, -0.05) is 31.9 Å². The van der Waals surface area contributed by atoms with Crippen molar-refractivity contribution in [3.8, 4) is 0 Å². The molecule has 3 nitrogen and oxygen atoms in total. The van der Waals surface area contributed by atoms with Gasteiger partial charge in [-0.2, -0.15) is 0 Å². The van der Waals surface area contributed by atoms with Crippen molar-refractivity contribution in [2.75, 3.05) is 0 Å². The Balaban J connectivity index is 1.64. The summed E-state index contributed by atoms with van der Waals surface area (Å²) in [5, 5.41) is 21.7. The fourth-order valence-electron chi connectivity index (χ4n) is 8.00. The molecular formula is C25H40O3. The van der Waals surface area contributed by atoms with Gasteiger partial charge in [0.2, 0.25) is 0 Å². The molecule has 3 fully saturated rings. The number of carbonyl (C=O) groups excluding carboxylic acids is 1. The van der Waals surface area contributed by atoms with E-state index in [1.165, 1.54) is 12.8 Å². The number of ketones is 1. The normalized spacial score (nSPS) is 46.6. The minimum atomic E-state index is -0.272. The van der Waals surface area contributed by atoms with Crippen LogP contribution in [0.5, 0.6) is 0 Å². The van der Waals surface area contributed by atoms with Gasteiger partial charge in [-0.25, -0.2) is 0 Å². The van der Waals surface area contributed by atoms with Crippen molar-refractivity contribution in [1.82, 2.24) is 0 Å². The molecule has 28 heavy (non-hydrogen) atoms. The van der Waals surface area contributed by atoms with Crippen LogP contribution in [0.2, 0.25) is 0 Å². The maximum Gasteiger partial charge on any atom is 0.129 e. The highest BCUT2D eigenvalue weighted by Gasteiger charge is 2.58. The molecule has 0 aliphatic heterocycles. The largest absolute Gasteiger partial charge is 0.393 e. The van der Waals surface area contributed by atoms with Crippen LogP contribution in [0.25, 0.3) is 0 Å². The number of carbonyl (C=O) groups is 1. The zero-order valence-electron chi connectivity index (χ0n) is 18.3. The third-order valence-corrected chi connectivity index (χ3v) is 9.79. The lowest BCUT2D eigenvalue weighted by atomic mass is 9.48. The van der Waals surface area contributed by atoms with Crippen molar-refractivity contribution in [1.29, 1.82) is 0 Å². The molecule has 0 bridgehead atoms. The molecule has 2 N–H and O–H groups in total. The SMILES string of the molecule is CC(=O)CC[C@@H](C)[C@H]1CCC2=C3CC[C@@H]4C[C@H](O)CC[C@]4(C)[C@H]3C[C@H](O)C21C. The maximum atomic E-state index is 11.5. The lowest BCUT2D eigenvalue weighted by molar-refractivity contribution is -0.117. The Labute approximate surface area is 171 Å². The molecule has 3 saturated carbocycles. The Kier molecular flexibility index (Phi) is 5.32. The molecule has 0 saturated heterocycles. The third-order valence-electron chi connectivity index (χ3n) is 9.79. The van der Waals surface area contributed by atoms with Crippen molar-refractivity contribution < 1.29 is 15.0 Å². The summed E-state index contributed by atoms with van der Waals surface area (Å²) in [6.45, 7) is 8.77. The molecule has 4 aliphatic carbocycles. The van der Waals surface area contributed by atoms with Gasteiger partial charge in [0.1, 0.15) is 5.78 Å². The highest BCUT2D eigenvalue weighted by Crippen LogP contribution is 2.65. The van der Waals surface area contributed by atoms with E-state index in [4.69, 9.17) is 0 Å². The van der Waals surface area contributed by atoms with Gasteiger partial charge < -0.3 is 15.0 Å².